The van der Waals surface area contributed by atoms with Gasteiger partial charge in [-0.1, -0.05) is 40.7 Å². The zero-order chi connectivity index (χ0) is 15.1. The third-order valence-electron chi connectivity index (χ3n) is 2.05. The van der Waals surface area contributed by atoms with Gasteiger partial charge in [0.05, 0.1) is 0 Å². The van der Waals surface area contributed by atoms with Crippen molar-refractivity contribution in [2.24, 2.45) is 0 Å². The number of aliphatic carboxylic acids is 1. The lowest BCUT2D eigenvalue weighted by Gasteiger charge is -2.12. The van der Waals surface area contributed by atoms with Crippen molar-refractivity contribution in [2.45, 2.75) is 61.8 Å². The normalized spacial score (nSPS) is 11.2. The fraction of sp³-hybridized carbons (Fsp3) is 0.667. The number of hydrogen-bond donors (Lipinski definition) is 1. The number of carbonyl (C=O) groups is 1. The molecule has 0 aliphatic rings. The van der Waals surface area contributed by atoms with Crippen molar-refractivity contribution >= 4 is 5.97 Å². The van der Waals surface area contributed by atoms with Crippen molar-refractivity contribution in [3.63, 3.8) is 0 Å². The molecule has 0 unspecified atom stereocenters. The molecule has 0 saturated heterocycles. The van der Waals surface area contributed by atoms with E-state index in [1.54, 1.807) is 0 Å². The second-order valence-electron chi connectivity index (χ2n) is 3.12. The summed E-state index contributed by atoms with van der Waals surface area (Å²) >= 11 is 0. The molecule has 108 valence electrons. The number of hydrogen-bond acceptors (Lipinski definition) is 2. The molecular formula is C15H30O3. The van der Waals surface area contributed by atoms with Crippen LogP contribution in [-0.2, 0) is 9.53 Å². The third-order valence-corrected chi connectivity index (χ3v) is 2.05. The lowest BCUT2D eigenvalue weighted by atomic mass is 10.1. The molecule has 0 radical (unpaired) electrons. The summed E-state index contributed by atoms with van der Waals surface area (Å²) in [4.78, 5) is 10.4. The summed E-state index contributed by atoms with van der Waals surface area (Å²) in [6, 6.07) is 0. The van der Waals surface area contributed by atoms with Crippen LogP contribution in [0.4, 0.5) is 0 Å². The average molecular weight is 258 g/mol. The first-order valence-electron chi connectivity index (χ1n) is 6.70. The van der Waals surface area contributed by atoms with Gasteiger partial charge in [0, 0.05) is 0 Å². The number of allylic oxidation sites excluding steroid dienone is 3. The monoisotopic (exact) mass is 258 g/mol. The van der Waals surface area contributed by atoms with Gasteiger partial charge in [-0.15, -0.1) is 0 Å². The largest absolute Gasteiger partial charge is 0.482 e. The Kier molecular flexibility index (Phi) is 19.2. The van der Waals surface area contributed by atoms with Crippen LogP contribution in [0.1, 0.15) is 61.8 Å². The van der Waals surface area contributed by atoms with Crippen LogP contribution < -0.4 is 0 Å². The average Bonchev–Trinajstić information content (AvgIpc) is 2.42. The van der Waals surface area contributed by atoms with E-state index in [0.717, 1.165) is 17.6 Å². The van der Waals surface area contributed by atoms with Crippen LogP contribution in [0.3, 0.4) is 0 Å². The van der Waals surface area contributed by atoms with E-state index in [1.807, 2.05) is 61.5 Å². The highest BCUT2D eigenvalue weighted by Crippen LogP contribution is 2.17. The van der Waals surface area contributed by atoms with Crippen LogP contribution in [-0.4, -0.2) is 17.7 Å². The molecule has 0 aromatic heterocycles. The first-order chi connectivity index (χ1) is 8.52. The maximum atomic E-state index is 10.4. The SMILES string of the molecule is C/C=C(C)\C(OCC(=O)O)=C(\C)CC.CC.CC. The molecule has 0 spiro atoms. The Morgan fingerprint density at radius 1 is 1.17 bits per heavy atom. The van der Waals surface area contributed by atoms with Crippen LogP contribution in [0.2, 0.25) is 0 Å². The van der Waals surface area contributed by atoms with Gasteiger partial charge in [0.25, 0.3) is 0 Å². The zero-order valence-electron chi connectivity index (χ0n) is 13.3. The first kappa shape index (κ1) is 22.0. The standard InChI is InChI=1S/C11H18O3.2C2H6/c1-5-8(3)11(9(4)6-2)14-7-10(12)13;2*1-2/h5H,6-7H2,1-4H3,(H,12,13);2*1-2H3/b8-5-,11-9+;;. The van der Waals surface area contributed by atoms with Crippen LogP contribution in [0.25, 0.3) is 0 Å². The van der Waals surface area contributed by atoms with Gasteiger partial charge < -0.3 is 9.84 Å². The van der Waals surface area contributed by atoms with Crippen molar-refractivity contribution in [1.29, 1.82) is 0 Å². The first-order valence-corrected chi connectivity index (χ1v) is 6.70. The molecule has 0 rings (SSSR count). The van der Waals surface area contributed by atoms with Gasteiger partial charge in [-0.25, -0.2) is 4.79 Å². The van der Waals surface area contributed by atoms with E-state index in [4.69, 9.17) is 9.84 Å². The minimum Gasteiger partial charge on any atom is -0.482 e. The second kappa shape index (κ2) is 15.8. The van der Waals surface area contributed by atoms with Crippen LogP contribution in [0.5, 0.6) is 0 Å². The van der Waals surface area contributed by atoms with E-state index in [9.17, 15) is 4.79 Å². The highest BCUT2D eigenvalue weighted by Gasteiger charge is 2.07. The molecule has 0 aliphatic heterocycles. The van der Waals surface area contributed by atoms with E-state index in [0.29, 0.717) is 5.76 Å². The Labute approximate surface area is 113 Å². The quantitative estimate of drug-likeness (QED) is 0.569. The fourth-order valence-electron chi connectivity index (χ4n) is 0.999. The smallest absolute Gasteiger partial charge is 0.341 e. The fourth-order valence-corrected chi connectivity index (χ4v) is 0.999. The van der Waals surface area contributed by atoms with E-state index < -0.39 is 5.97 Å². The number of ether oxygens (including phenoxy) is 1. The van der Waals surface area contributed by atoms with Crippen molar-refractivity contribution in [2.75, 3.05) is 6.61 Å². The Balaban J connectivity index is -0.000000506. The predicted molar refractivity (Wildman–Crippen MR) is 78.7 cm³/mol. The molecule has 0 aromatic rings. The minimum atomic E-state index is -0.949. The highest BCUT2D eigenvalue weighted by molar-refractivity contribution is 5.68. The summed E-state index contributed by atoms with van der Waals surface area (Å²) in [5.41, 5.74) is 2.05. The predicted octanol–water partition coefficient (Wildman–Crippen LogP) is 4.79. The van der Waals surface area contributed by atoms with Crippen molar-refractivity contribution in [1.82, 2.24) is 0 Å². The maximum absolute atomic E-state index is 10.4. The van der Waals surface area contributed by atoms with Crippen LogP contribution in [0, 0.1) is 0 Å². The molecule has 3 heteroatoms. The number of carboxylic acids is 1. The van der Waals surface area contributed by atoms with E-state index in [1.165, 1.54) is 0 Å². The maximum Gasteiger partial charge on any atom is 0.341 e. The van der Waals surface area contributed by atoms with Gasteiger partial charge in [-0.3, -0.25) is 0 Å². The van der Waals surface area contributed by atoms with Gasteiger partial charge in [-0.05, 0) is 38.3 Å². The molecular weight excluding hydrogens is 228 g/mol. The molecule has 0 bridgehead atoms. The topological polar surface area (TPSA) is 46.5 Å². The van der Waals surface area contributed by atoms with Crippen molar-refractivity contribution in [3.8, 4) is 0 Å². The van der Waals surface area contributed by atoms with Crippen LogP contribution >= 0.6 is 0 Å². The van der Waals surface area contributed by atoms with Crippen LogP contribution in [0.15, 0.2) is 23.0 Å². The van der Waals surface area contributed by atoms with Crippen molar-refractivity contribution in [3.05, 3.63) is 23.0 Å². The molecule has 1 N–H and O–H groups in total. The van der Waals surface area contributed by atoms with E-state index in [-0.39, 0.29) is 6.61 Å². The summed E-state index contributed by atoms with van der Waals surface area (Å²) in [5.74, 6) is -0.243. The van der Waals surface area contributed by atoms with Gasteiger partial charge in [0.15, 0.2) is 6.61 Å². The molecule has 3 nitrogen and oxygen atoms in total. The number of carboxylic acid groups (broad SMARTS) is 1. The Hall–Kier alpha value is -1.25. The van der Waals surface area contributed by atoms with Gasteiger partial charge in [0.2, 0.25) is 0 Å². The Morgan fingerprint density at radius 3 is 1.89 bits per heavy atom. The molecule has 0 saturated carbocycles. The van der Waals surface area contributed by atoms with Crippen molar-refractivity contribution < 1.29 is 14.6 Å². The lowest BCUT2D eigenvalue weighted by Crippen LogP contribution is -2.08. The summed E-state index contributed by atoms with van der Waals surface area (Å²) < 4.78 is 5.22. The minimum absolute atomic E-state index is 0.280. The van der Waals surface area contributed by atoms with Gasteiger partial charge >= 0.3 is 5.97 Å². The zero-order valence-corrected chi connectivity index (χ0v) is 13.3. The summed E-state index contributed by atoms with van der Waals surface area (Å²) in [7, 11) is 0. The molecule has 0 amide bonds. The molecule has 0 atom stereocenters. The molecule has 0 aliphatic carbocycles. The highest BCUT2D eigenvalue weighted by atomic mass is 16.5. The van der Waals surface area contributed by atoms with E-state index in [2.05, 4.69) is 0 Å². The Bertz CT molecular complexity index is 263. The number of rotatable bonds is 5. The van der Waals surface area contributed by atoms with Gasteiger partial charge in [0.1, 0.15) is 5.76 Å². The van der Waals surface area contributed by atoms with Gasteiger partial charge in [-0.2, -0.15) is 0 Å². The summed E-state index contributed by atoms with van der Waals surface area (Å²) in [5, 5.41) is 8.50. The lowest BCUT2D eigenvalue weighted by molar-refractivity contribution is -0.140. The second-order valence-corrected chi connectivity index (χ2v) is 3.12. The summed E-state index contributed by atoms with van der Waals surface area (Å²) in [6.07, 6.45) is 2.77. The Morgan fingerprint density at radius 2 is 1.61 bits per heavy atom. The third kappa shape index (κ3) is 11.2. The molecule has 18 heavy (non-hydrogen) atoms. The molecule has 0 heterocycles. The van der Waals surface area contributed by atoms with E-state index >= 15 is 0 Å². The molecule has 0 aromatic carbocycles. The summed E-state index contributed by atoms with van der Waals surface area (Å²) in [6.45, 7) is 15.5. The molecule has 0 fully saturated rings.